The zero-order valence-electron chi connectivity index (χ0n) is 11.0. The van der Waals surface area contributed by atoms with E-state index in [2.05, 4.69) is 31.0 Å². The third-order valence-corrected chi connectivity index (χ3v) is 3.36. The molecule has 3 heteroatoms. The molecular formula is C13H27FN2. The maximum atomic E-state index is 12.5. The highest BCUT2D eigenvalue weighted by molar-refractivity contribution is 4.86. The van der Waals surface area contributed by atoms with Crippen LogP contribution in [0, 0.1) is 5.92 Å². The first kappa shape index (κ1) is 13.9. The van der Waals surface area contributed by atoms with E-state index in [0.29, 0.717) is 24.5 Å². The zero-order valence-corrected chi connectivity index (χ0v) is 11.0. The Kier molecular flexibility index (Phi) is 6.29. The van der Waals surface area contributed by atoms with Crippen molar-refractivity contribution in [3.63, 3.8) is 0 Å². The molecule has 2 atom stereocenters. The van der Waals surface area contributed by atoms with Gasteiger partial charge in [-0.2, -0.15) is 0 Å². The van der Waals surface area contributed by atoms with Crippen molar-refractivity contribution in [3.05, 3.63) is 0 Å². The van der Waals surface area contributed by atoms with Gasteiger partial charge in [0, 0.05) is 31.7 Å². The number of nitrogens with zero attached hydrogens (tertiary/aromatic N) is 1. The fourth-order valence-electron chi connectivity index (χ4n) is 2.66. The predicted octanol–water partition coefficient (Wildman–Crippen LogP) is 2.44. The molecule has 0 radical (unpaired) electrons. The quantitative estimate of drug-likeness (QED) is 0.754. The van der Waals surface area contributed by atoms with Crippen molar-refractivity contribution in [1.29, 1.82) is 0 Å². The molecule has 0 saturated carbocycles. The number of piperazine rings is 1. The summed E-state index contributed by atoms with van der Waals surface area (Å²) < 4.78 is 12.5. The van der Waals surface area contributed by atoms with Gasteiger partial charge in [0.25, 0.3) is 0 Å². The van der Waals surface area contributed by atoms with Crippen LogP contribution >= 0.6 is 0 Å². The zero-order chi connectivity index (χ0) is 12.0. The average molecular weight is 230 g/mol. The third-order valence-electron chi connectivity index (χ3n) is 3.36. The van der Waals surface area contributed by atoms with Gasteiger partial charge >= 0.3 is 0 Å². The van der Waals surface area contributed by atoms with Crippen LogP contribution in [0.2, 0.25) is 0 Å². The topological polar surface area (TPSA) is 15.3 Å². The number of alkyl halides is 1. The minimum Gasteiger partial charge on any atom is -0.311 e. The Labute approximate surface area is 99.6 Å². The van der Waals surface area contributed by atoms with Crippen molar-refractivity contribution in [2.45, 2.75) is 52.1 Å². The molecule has 1 saturated heterocycles. The van der Waals surface area contributed by atoms with E-state index in [1.165, 1.54) is 19.3 Å². The van der Waals surface area contributed by atoms with E-state index in [1.807, 2.05) is 0 Å². The van der Waals surface area contributed by atoms with Crippen LogP contribution in [0.1, 0.15) is 40.0 Å². The third kappa shape index (κ3) is 4.38. The summed E-state index contributed by atoms with van der Waals surface area (Å²) in [6.07, 6.45) is 3.56. The first-order valence-electron chi connectivity index (χ1n) is 6.70. The van der Waals surface area contributed by atoms with Gasteiger partial charge in [-0.1, -0.05) is 27.2 Å². The lowest BCUT2D eigenvalue weighted by Crippen LogP contribution is -2.57. The second-order valence-corrected chi connectivity index (χ2v) is 5.36. The Hall–Kier alpha value is -0.150. The van der Waals surface area contributed by atoms with E-state index < -0.39 is 0 Å². The van der Waals surface area contributed by atoms with Gasteiger partial charge in [-0.25, -0.2) is 4.39 Å². The molecular weight excluding hydrogens is 203 g/mol. The summed E-state index contributed by atoms with van der Waals surface area (Å²) in [6.45, 7) is 9.15. The van der Waals surface area contributed by atoms with E-state index in [-0.39, 0.29) is 6.67 Å². The molecule has 0 aromatic heterocycles. The van der Waals surface area contributed by atoms with E-state index in [0.717, 1.165) is 13.1 Å². The number of rotatable bonds is 6. The molecule has 1 heterocycles. The van der Waals surface area contributed by atoms with Crippen LogP contribution in [0.25, 0.3) is 0 Å². The number of halogens is 1. The summed E-state index contributed by atoms with van der Waals surface area (Å²) in [5, 5.41) is 3.61. The van der Waals surface area contributed by atoms with Gasteiger partial charge in [-0.3, -0.25) is 4.90 Å². The van der Waals surface area contributed by atoms with Gasteiger partial charge < -0.3 is 5.32 Å². The smallest absolute Gasteiger partial charge is 0.102 e. The van der Waals surface area contributed by atoms with Crippen LogP contribution < -0.4 is 5.32 Å². The molecule has 16 heavy (non-hydrogen) atoms. The highest BCUT2D eigenvalue weighted by Gasteiger charge is 2.26. The van der Waals surface area contributed by atoms with Gasteiger partial charge in [0.1, 0.15) is 6.67 Å². The first-order valence-corrected chi connectivity index (χ1v) is 6.70. The van der Waals surface area contributed by atoms with Crippen LogP contribution in [0.15, 0.2) is 0 Å². The number of hydrogen-bond acceptors (Lipinski definition) is 2. The van der Waals surface area contributed by atoms with Gasteiger partial charge in [0.2, 0.25) is 0 Å². The van der Waals surface area contributed by atoms with Crippen molar-refractivity contribution in [2.24, 2.45) is 5.92 Å². The standard InChI is InChI=1S/C13H27FN2/c1-4-5-13-9-15-12(8-11(2)3)10-16(13)7-6-14/h11-13,15H,4-10H2,1-3H3. The summed E-state index contributed by atoms with van der Waals surface area (Å²) in [6, 6.07) is 1.10. The summed E-state index contributed by atoms with van der Waals surface area (Å²) in [5.41, 5.74) is 0. The van der Waals surface area contributed by atoms with Crippen LogP contribution in [0.4, 0.5) is 4.39 Å². The van der Waals surface area contributed by atoms with Crippen LogP contribution in [-0.4, -0.2) is 43.3 Å². The molecule has 1 aliphatic rings. The molecule has 96 valence electrons. The van der Waals surface area contributed by atoms with Crippen LogP contribution in [0.5, 0.6) is 0 Å². The Morgan fingerprint density at radius 3 is 2.75 bits per heavy atom. The predicted molar refractivity (Wildman–Crippen MR) is 67.5 cm³/mol. The minimum atomic E-state index is -0.214. The monoisotopic (exact) mass is 230 g/mol. The normalized spacial score (nSPS) is 27.6. The molecule has 1 aliphatic heterocycles. The van der Waals surface area contributed by atoms with E-state index in [9.17, 15) is 4.39 Å². The SMILES string of the molecule is CCCC1CNC(CC(C)C)CN1CCF. The Morgan fingerprint density at radius 2 is 2.19 bits per heavy atom. The molecule has 0 aromatic carbocycles. The average Bonchev–Trinajstić information content (AvgIpc) is 2.21. The summed E-state index contributed by atoms with van der Waals surface area (Å²) >= 11 is 0. The Balaban J connectivity index is 2.43. The lowest BCUT2D eigenvalue weighted by atomic mass is 9.98. The second-order valence-electron chi connectivity index (χ2n) is 5.36. The molecule has 0 aromatic rings. The van der Waals surface area contributed by atoms with Crippen LogP contribution in [0.3, 0.4) is 0 Å². The van der Waals surface area contributed by atoms with Crippen molar-refractivity contribution < 1.29 is 4.39 Å². The summed E-state index contributed by atoms with van der Waals surface area (Å²) in [4.78, 5) is 2.34. The van der Waals surface area contributed by atoms with Crippen molar-refractivity contribution in [1.82, 2.24) is 10.2 Å². The first-order chi connectivity index (χ1) is 7.67. The Bertz CT molecular complexity index is 185. The van der Waals surface area contributed by atoms with Crippen molar-refractivity contribution >= 4 is 0 Å². The summed E-state index contributed by atoms with van der Waals surface area (Å²) in [7, 11) is 0. The number of hydrogen-bond donors (Lipinski definition) is 1. The molecule has 1 fully saturated rings. The lowest BCUT2D eigenvalue weighted by molar-refractivity contribution is 0.107. The van der Waals surface area contributed by atoms with Gasteiger partial charge in [-0.15, -0.1) is 0 Å². The lowest BCUT2D eigenvalue weighted by Gasteiger charge is -2.40. The van der Waals surface area contributed by atoms with E-state index in [4.69, 9.17) is 0 Å². The highest BCUT2D eigenvalue weighted by atomic mass is 19.1. The molecule has 0 spiro atoms. The second kappa shape index (κ2) is 7.23. The van der Waals surface area contributed by atoms with Crippen molar-refractivity contribution in [3.8, 4) is 0 Å². The molecule has 1 rings (SSSR count). The largest absolute Gasteiger partial charge is 0.311 e. The van der Waals surface area contributed by atoms with E-state index in [1.54, 1.807) is 0 Å². The number of nitrogens with one attached hydrogen (secondary N) is 1. The Morgan fingerprint density at radius 1 is 1.44 bits per heavy atom. The highest BCUT2D eigenvalue weighted by Crippen LogP contribution is 2.16. The molecule has 0 amide bonds. The van der Waals surface area contributed by atoms with Crippen molar-refractivity contribution in [2.75, 3.05) is 26.3 Å². The summed E-state index contributed by atoms with van der Waals surface area (Å²) in [5.74, 6) is 0.715. The van der Waals surface area contributed by atoms with Gasteiger partial charge in [0.15, 0.2) is 0 Å². The maximum absolute atomic E-state index is 12.5. The van der Waals surface area contributed by atoms with E-state index >= 15 is 0 Å². The molecule has 1 N–H and O–H groups in total. The fourth-order valence-corrected chi connectivity index (χ4v) is 2.66. The minimum absolute atomic E-state index is 0.214. The van der Waals surface area contributed by atoms with Gasteiger partial charge in [-0.05, 0) is 18.8 Å². The molecule has 2 nitrogen and oxygen atoms in total. The molecule has 2 unspecified atom stereocenters. The molecule has 0 bridgehead atoms. The maximum Gasteiger partial charge on any atom is 0.102 e. The van der Waals surface area contributed by atoms with Gasteiger partial charge in [0.05, 0.1) is 0 Å². The fraction of sp³-hybridized carbons (Fsp3) is 1.00. The molecule has 0 aliphatic carbocycles. The van der Waals surface area contributed by atoms with Crippen LogP contribution in [-0.2, 0) is 0 Å².